The van der Waals surface area contributed by atoms with Crippen molar-refractivity contribution in [2.45, 2.75) is 17.2 Å². The minimum atomic E-state index is 0.0430. The zero-order valence-electron chi connectivity index (χ0n) is 5.89. The average molecular weight is 273 g/mol. The number of carbonyl (C=O) groups is 1. The van der Waals surface area contributed by atoms with E-state index in [0.717, 1.165) is 13.0 Å². The number of cyclic esters (lactones) is 1. The number of ether oxygens (including phenoxy) is 1. The van der Waals surface area contributed by atoms with Gasteiger partial charge in [-0.05, 0) is 0 Å². The number of esters is 1. The second kappa shape index (κ2) is 4.50. The van der Waals surface area contributed by atoms with Crippen LogP contribution in [0.5, 0.6) is 0 Å². The molecule has 0 saturated carbocycles. The van der Waals surface area contributed by atoms with Crippen molar-refractivity contribution >= 4 is 14.6 Å². The second-order valence-electron chi connectivity index (χ2n) is 2.05. The van der Waals surface area contributed by atoms with Gasteiger partial charge in [0.1, 0.15) is 0 Å². The van der Waals surface area contributed by atoms with Gasteiger partial charge in [-0.25, -0.2) is 0 Å². The van der Waals surface area contributed by atoms with Gasteiger partial charge in [0, 0.05) is 0 Å². The SMILES string of the molecule is CCCPC1OC(=O)C[I-]1. The van der Waals surface area contributed by atoms with E-state index in [0.29, 0.717) is 3.85 Å². The van der Waals surface area contributed by atoms with E-state index in [1.54, 1.807) is 0 Å². The fourth-order valence-corrected chi connectivity index (χ4v) is 5.29. The van der Waals surface area contributed by atoms with Crippen molar-refractivity contribution in [3.63, 3.8) is 0 Å². The maximum absolute atomic E-state index is 10.6. The zero-order chi connectivity index (χ0) is 7.40. The van der Waals surface area contributed by atoms with Crippen LogP contribution < -0.4 is 21.2 Å². The number of carbonyl (C=O) groups excluding carboxylic acids is 1. The molecule has 1 aliphatic rings. The van der Waals surface area contributed by atoms with E-state index < -0.39 is 0 Å². The topological polar surface area (TPSA) is 26.3 Å². The Bertz CT molecular complexity index is 129. The molecule has 10 heavy (non-hydrogen) atoms. The Kier molecular flexibility index (Phi) is 3.92. The van der Waals surface area contributed by atoms with E-state index >= 15 is 0 Å². The zero-order valence-corrected chi connectivity index (χ0v) is 9.05. The predicted octanol–water partition coefficient (Wildman–Crippen LogP) is -2.00. The fourth-order valence-electron chi connectivity index (χ4n) is 0.666. The Morgan fingerprint density at radius 1 is 1.90 bits per heavy atom. The first-order chi connectivity index (χ1) is 4.83. The summed E-state index contributed by atoms with van der Waals surface area (Å²) < 4.78 is 6.22. The van der Waals surface area contributed by atoms with Crippen molar-refractivity contribution in [3.05, 3.63) is 0 Å². The summed E-state index contributed by atoms with van der Waals surface area (Å²) >= 11 is 0.0641. The molecule has 1 aliphatic heterocycles. The van der Waals surface area contributed by atoms with Crippen LogP contribution in [0, 0.1) is 0 Å². The van der Waals surface area contributed by atoms with Gasteiger partial charge in [-0.2, -0.15) is 0 Å². The Hall–Kier alpha value is 0.630. The maximum atomic E-state index is 10.6. The van der Waals surface area contributed by atoms with E-state index in [2.05, 4.69) is 6.92 Å². The molecule has 2 atom stereocenters. The Morgan fingerprint density at radius 3 is 3.20 bits per heavy atom. The molecule has 1 heterocycles. The third-order valence-corrected chi connectivity index (χ3v) is 6.82. The molecule has 0 aliphatic carbocycles. The summed E-state index contributed by atoms with van der Waals surface area (Å²) in [4.78, 5) is 10.6. The van der Waals surface area contributed by atoms with Crippen molar-refractivity contribution in [1.82, 2.24) is 0 Å². The molecule has 0 bridgehead atoms. The summed E-state index contributed by atoms with van der Waals surface area (Å²) in [7, 11) is 0.878. The van der Waals surface area contributed by atoms with Crippen molar-refractivity contribution in [3.8, 4) is 0 Å². The Morgan fingerprint density at radius 2 is 2.70 bits per heavy atom. The van der Waals surface area contributed by atoms with Gasteiger partial charge in [0.25, 0.3) is 0 Å². The fraction of sp³-hybridized carbons (Fsp3) is 0.833. The van der Waals surface area contributed by atoms with E-state index in [9.17, 15) is 4.79 Å². The number of halogens is 1. The van der Waals surface area contributed by atoms with E-state index in [-0.39, 0.29) is 27.2 Å². The van der Waals surface area contributed by atoms with Gasteiger partial charge in [0.05, 0.1) is 0 Å². The molecule has 0 aromatic carbocycles. The summed E-state index contributed by atoms with van der Waals surface area (Å²) in [5.74, 6) is 0.0430. The van der Waals surface area contributed by atoms with Crippen LogP contribution in [0.1, 0.15) is 13.3 Å². The molecule has 0 amide bonds. The van der Waals surface area contributed by atoms with Crippen molar-refractivity contribution in [2.75, 3.05) is 10.6 Å². The van der Waals surface area contributed by atoms with Crippen LogP contribution in [0.4, 0.5) is 0 Å². The number of alkyl halides is 2. The second-order valence-corrected chi connectivity index (χ2v) is 7.43. The molecular weight excluding hydrogens is 262 g/mol. The number of hydrogen-bond donors (Lipinski definition) is 0. The van der Waals surface area contributed by atoms with E-state index in [1.807, 2.05) is 0 Å². The molecular formula is C6H11IO2P-. The normalized spacial score (nSPS) is 26.9. The molecule has 1 saturated heterocycles. The van der Waals surface area contributed by atoms with Crippen LogP contribution in [-0.2, 0) is 9.53 Å². The molecule has 1 rings (SSSR count). The van der Waals surface area contributed by atoms with Crippen LogP contribution in [0.3, 0.4) is 0 Å². The minimum absolute atomic E-state index is 0.0430. The predicted molar refractivity (Wildman–Crippen MR) is 38.2 cm³/mol. The summed E-state index contributed by atoms with van der Waals surface area (Å²) in [6.07, 6.45) is 2.45. The van der Waals surface area contributed by atoms with E-state index in [1.165, 1.54) is 12.6 Å². The standard InChI is InChI=1S/C6H11IO2P/c1-2-3-10-6-7-4-5(8)9-6/h6,10H,2-4H2,1H3/q-1. The Labute approximate surface area is 73.1 Å². The van der Waals surface area contributed by atoms with E-state index in [4.69, 9.17) is 4.74 Å². The summed E-state index contributed by atoms with van der Waals surface area (Å²) in [6.45, 7) is 2.17. The average Bonchev–Trinajstić information content (AvgIpc) is 2.31. The first kappa shape index (κ1) is 8.72. The summed E-state index contributed by atoms with van der Waals surface area (Å²) in [6, 6.07) is 0. The Balaban J connectivity index is 2.12. The van der Waals surface area contributed by atoms with Crippen LogP contribution in [0.25, 0.3) is 0 Å². The van der Waals surface area contributed by atoms with Gasteiger partial charge < -0.3 is 0 Å². The van der Waals surface area contributed by atoms with Gasteiger partial charge in [0.15, 0.2) is 0 Å². The summed E-state index contributed by atoms with van der Waals surface area (Å²) in [5.41, 5.74) is 0. The van der Waals surface area contributed by atoms with Gasteiger partial charge in [0.2, 0.25) is 0 Å². The van der Waals surface area contributed by atoms with Gasteiger partial charge in [-0.3, -0.25) is 0 Å². The molecule has 0 radical (unpaired) electrons. The molecule has 0 spiro atoms. The molecule has 0 aromatic heterocycles. The first-order valence-corrected chi connectivity index (χ1v) is 7.39. The summed E-state index contributed by atoms with van der Waals surface area (Å²) in [5, 5.41) is 0. The van der Waals surface area contributed by atoms with Crippen molar-refractivity contribution in [1.29, 1.82) is 0 Å². The van der Waals surface area contributed by atoms with Gasteiger partial charge >= 0.3 is 73.1 Å². The molecule has 0 N–H and O–H groups in total. The molecule has 4 heteroatoms. The van der Waals surface area contributed by atoms with Crippen molar-refractivity contribution in [2.24, 2.45) is 0 Å². The molecule has 60 valence electrons. The number of hydrogen-bond acceptors (Lipinski definition) is 2. The molecule has 0 aromatic rings. The molecule has 1 fully saturated rings. The quantitative estimate of drug-likeness (QED) is 0.257. The van der Waals surface area contributed by atoms with Crippen LogP contribution >= 0.6 is 8.58 Å². The third-order valence-electron chi connectivity index (χ3n) is 1.12. The number of rotatable bonds is 3. The van der Waals surface area contributed by atoms with Crippen LogP contribution in [0.2, 0.25) is 0 Å². The third kappa shape index (κ3) is 2.70. The van der Waals surface area contributed by atoms with Crippen molar-refractivity contribution < 1.29 is 30.7 Å². The van der Waals surface area contributed by atoms with Crippen LogP contribution in [0.15, 0.2) is 0 Å². The first-order valence-electron chi connectivity index (χ1n) is 3.33. The molecule has 2 unspecified atom stereocenters. The van der Waals surface area contributed by atoms with Gasteiger partial charge in [-0.15, -0.1) is 0 Å². The monoisotopic (exact) mass is 273 g/mol. The van der Waals surface area contributed by atoms with Gasteiger partial charge in [-0.1, -0.05) is 0 Å². The molecule has 2 nitrogen and oxygen atoms in total. The van der Waals surface area contributed by atoms with Crippen LogP contribution in [-0.4, -0.2) is 20.4 Å².